The summed E-state index contributed by atoms with van der Waals surface area (Å²) >= 11 is 0. The molecule has 5 nitrogen and oxygen atoms in total. The Kier molecular flexibility index (Phi) is 5.75. The van der Waals surface area contributed by atoms with E-state index in [0.717, 1.165) is 11.3 Å². The average molecular weight is 360 g/mol. The molecule has 0 saturated heterocycles. The molecule has 0 aliphatic rings. The van der Waals surface area contributed by atoms with Crippen LogP contribution in [0.25, 0.3) is 0 Å². The monoisotopic (exact) mass is 360 g/mol. The van der Waals surface area contributed by atoms with Gasteiger partial charge in [-0.3, -0.25) is 4.79 Å². The van der Waals surface area contributed by atoms with E-state index in [0.29, 0.717) is 29.9 Å². The highest BCUT2D eigenvalue weighted by atomic mass is 19.1. The van der Waals surface area contributed by atoms with Crippen LogP contribution in [0.1, 0.15) is 21.5 Å². The minimum absolute atomic E-state index is 0.206. The Hall–Kier alpha value is -3.72. The maximum absolute atomic E-state index is 12.9. The second-order valence-electron chi connectivity index (χ2n) is 5.88. The molecule has 6 heteroatoms. The van der Waals surface area contributed by atoms with E-state index < -0.39 is 0 Å². The van der Waals surface area contributed by atoms with E-state index in [2.05, 4.69) is 21.7 Å². The molecule has 3 rings (SSSR count). The Bertz CT molecular complexity index is 963. The molecule has 0 unspecified atom stereocenters. The van der Waals surface area contributed by atoms with E-state index in [1.807, 2.05) is 0 Å². The Morgan fingerprint density at radius 3 is 2.52 bits per heavy atom. The number of benzene rings is 2. The van der Waals surface area contributed by atoms with Crippen LogP contribution in [0.15, 0.2) is 66.9 Å². The van der Waals surface area contributed by atoms with Crippen LogP contribution >= 0.6 is 0 Å². The van der Waals surface area contributed by atoms with Crippen molar-refractivity contribution in [1.82, 2.24) is 10.3 Å². The number of hydrogen-bond acceptors (Lipinski definition) is 4. The van der Waals surface area contributed by atoms with Gasteiger partial charge < -0.3 is 10.6 Å². The maximum Gasteiger partial charge on any atom is 0.251 e. The minimum Gasteiger partial charge on any atom is -0.352 e. The number of halogens is 1. The summed E-state index contributed by atoms with van der Waals surface area (Å²) in [5, 5.41) is 14.8. The van der Waals surface area contributed by atoms with Gasteiger partial charge in [-0.05, 0) is 60.5 Å². The number of amides is 1. The second-order valence-corrected chi connectivity index (χ2v) is 5.88. The summed E-state index contributed by atoms with van der Waals surface area (Å²) in [7, 11) is 0. The van der Waals surface area contributed by atoms with Gasteiger partial charge in [-0.25, -0.2) is 9.37 Å². The molecular formula is C21H17FN4O. The highest BCUT2D eigenvalue weighted by Crippen LogP contribution is 2.16. The zero-order valence-corrected chi connectivity index (χ0v) is 14.4. The van der Waals surface area contributed by atoms with E-state index >= 15 is 0 Å². The number of carbonyl (C=O) groups is 1. The molecule has 27 heavy (non-hydrogen) atoms. The lowest BCUT2D eigenvalue weighted by Gasteiger charge is -2.08. The number of rotatable bonds is 6. The van der Waals surface area contributed by atoms with Crippen molar-refractivity contribution in [2.45, 2.75) is 6.42 Å². The smallest absolute Gasteiger partial charge is 0.251 e. The van der Waals surface area contributed by atoms with Gasteiger partial charge in [0.1, 0.15) is 11.6 Å². The summed E-state index contributed by atoms with van der Waals surface area (Å²) in [6.07, 6.45) is 2.17. The Morgan fingerprint density at radius 2 is 1.81 bits per heavy atom. The average Bonchev–Trinajstić information content (AvgIpc) is 2.70. The first kappa shape index (κ1) is 18.1. The van der Waals surface area contributed by atoms with Crippen LogP contribution < -0.4 is 10.6 Å². The number of pyridine rings is 1. The summed E-state index contributed by atoms with van der Waals surface area (Å²) in [4.78, 5) is 16.5. The van der Waals surface area contributed by atoms with Crippen molar-refractivity contribution < 1.29 is 9.18 Å². The highest BCUT2D eigenvalue weighted by Gasteiger charge is 2.07. The third-order valence-corrected chi connectivity index (χ3v) is 3.92. The largest absolute Gasteiger partial charge is 0.352 e. The molecule has 134 valence electrons. The summed E-state index contributed by atoms with van der Waals surface area (Å²) < 4.78 is 12.9. The molecule has 0 saturated carbocycles. The SMILES string of the molecule is N#Cc1ccc(Nc2cc(C(=O)NCCc3ccc(F)cc3)ccn2)cc1. The number of hydrogen-bond donors (Lipinski definition) is 2. The number of nitriles is 1. The summed E-state index contributed by atoms with van der Waals surface area (Å²) in [5.41, 5.74) is 2.79. The first-order chi connectivity index (χ1) is 13.1. The third-order valence-electron chi connectivity index (χ3n) is 3.92. The van der Waals surface area contributed by atoms with Crippen LogP contribution in [-0.2, 0) is 6.42 Å². The first-order valence-corrected chi connectivity index (χ1v) is 8.40. The van der Waals surface area contributed by atoms with E-state index in [1.54, 1.807) is 54.7 Å². The van der Waals surface area contributed by atoms with Crippen LogP contribution in [0.5, 0.6) is 0 Å². The van der Waals surface area contributed by atoms with Crippen LogP contribution in [0, 0.1) is 17.1 Å². The standard InChI is InChI=1S/C21H17FN4O/c22-18-5-1-15(2-6-18)9-11-25-21(27)17-10-12-24-20(13-17)26-19-7-3-16(14-23)4-8-19/h1-8,10,12-13H,9,11H2,(H,24,26)(H,25,27). The number of aromatic nitrogens is 1. The maximum atomic E-state index is 12.9. The number of anilines is 2. The molecule has 0 aliphatic carbocycles. The van der Waals surface area contributed by atoms with Gasteiger partial charge in [0, 0.05) is 24.0 Å². The molecule has 0 fully saturated rings. The fourth-order valence-corrected chi connectivity index (χ4v) is 2.49. The van der Waals surface area contributed by atoms with Crippen molar-refractivity contribution in [3.05, 3.63) is 89.4 Å². The van der Waals surface area contributed by atoms with Gasteiger partial charge in [-0.1, -0.05) is 12.1 Å². The van der Waals surface area contributed by atoms with Gasteiger partial charge in [-0.15, -0.1) is 0 Å². The molecule has 1 amide bonds. The molecule has 0 bridgehead atoms. The predicted octanol–water partition coefficient (Wildman–Crippen LogP) is 3.81. The highest BCUT2D eigenvalue weighted by molar-refractivity contribution is 5.94. The fraction of sp³-hybridized carbons (Fsp3) is 0.0952. The Balaban J connectivity index is 1.57. The zero-order chi connectivity index (χ0) is 19.1. The lowest BCUT2D eigenvalue weighted by atomic mass is 10.1. The molecule has 1 heterocycles. The number of carbonyl (C=O) groups excluding carboxylic acids is 1. The van der Waals surface area contributed by atoms with Crippen molar-refractivity contribution in [2.75, 3.05) is 11.9 Å². The van der Waals surface area contributed by atoms with Gasteiger partial charge in [0.05, 0.1) is 11.6 Å². The number of nitrogens with zero attached hydrogens (tertiary/aromatic N) is 2. The minimum atomic E-state index is -0.276. The fourth-order valence-electron chi connectivity index (χ4n) is 2.49. The van der Waals surface area contributed by atoms with Gasteiger partial charge in [0.25, 0.3) is 5.91 Å². The van der Waals surface area contributed by atoms with E-state index in [4.69, 9.17) is 5.26 Å². The Morgan fingerprint density at radius 1 is 1.07 bits per heavy atom. The molecular weight excluding hydrogens is 343 g/mol. The van der Waals surface area contributed by atoms with Gasteiger partial charge in [0.15, 0.2) is 0 Å². The van der Waals surface area contributed by atoms with Crippen molar-refractivity contribution in [3.8, 4) is 6.07 Å². The molecule has 0 aliphatic heterocycles. The predicted molar refractivity (Wildman–Crippen MR) is 101 cm³/mol. The van der Waals surface area contributed by atoms with E-state index in [-0.39, 0.29) is 11.7 Å². The lowest BCUT2D eigenvalue weighted by molar-refractivity contribution is 0.0954. The third kappa shape index (κ3) is 5.13. The van der Waals surface area contributed by atoms with Crippen LogP contribution in [0.4, 0.5) is 15.9 Å². The zero-order valence-electron chi connectivity index (χ0n) is 14.4. The molecule has 0 radical (unpaired) electrons. The van der Waals surface area contributed by atoms with E-state index in [9.17, 15) is 9.18 Å². The van der Waals surface area contributed by atoms with E-state index in [1.165, 1.54) is 12.1 Å². The normalized spacial score (nSPS) is 10.1. The first-order valence-electron chi connectivity index (χ1n) is 8.40. The van der Waals surface area contributed by atoms with Crippen LogP contribution in [0.3, 0.4) is 0 Å². The van der Waals surface area contributed by atoms with Gasteiger partial charge in [0.2, 0.25) is 0 Å². The lowest BCUT2D eigenvalue weighted by Crippen LogP contribution is -2.25. The van der Waals surface area contributed by atoms with Crippen LogP contribution in [-0.4, -0.2) is 17.4 Å². The summed E-state index contributed by atoms with van der Waals surface area (Å²) in [5.74, 6) is 0.0511. The van der Waals surface area contributed by atoms with Crippen molar-refractivity contribution in [2.24, 2.45) is 0 Å². The van der Waals surface area contributed by atoms with Gasteiger partial charge >= 0.3 is 0 Å². The Labute approximate surface area is 156 Å². The summed E-state index contributed by atoms with van der Waals surface area (Å²) in [6.45, 7) is 0.450. The molecule has 2 aromatic carbocycles. The van der Waals surface area contributed by atoms with Crippen molar-refractivity contribution >= 4 is 17.4 Å². The van der Waals surface area contributed by atoms with Crippen LogP contribution in [0.2, 0.25) is 0 Å². The quantitative estimate of drug-likeness (QED) is 0.701. The molecule has 3 aromatic rings. The van der Waals surface area contributed by atoms with Gasteiger partial charge in [-0.2, -0.15) is 5.26 Å². The second kappa shape index (κ2) is 8.59. The molecule has 0 spiro atoms. The van der Waals surface area contributed by atoms with Crippen molar-refractivity contribution in [1.29, 1.82) is 5.26 Å². The molecule has 0 atom stereocenters. The van der Waals surface area contributed by atoms with Crippen molar-refractivity contribution in [3.63, 3.8) is 0 Å². The molecule has 2 N–H and O–H groups in total. The number of nitrogens with one attached hydrogen (secondary N) is 2. The summed E-state index contributed by atoms with van der Waals surface area (Å²) in [6, 6.07) is 18.5. The topological polar surface area (TPSA) is 77.8 Å². The molecule has 1 aromatic heterocycles.